The summed E-state index contributed by atoms with van der Waals surface area (Å²) in [5.74, 6) is 0. The number of nitrogens with zero attached hydrogens (tertiary/aromatic N) is 1. The second-order valence-corrected chi connectivity index (χ2v) is 4.82. The lowest BCUT2D eigenvalue weighted by Gasteiger charge is -2.38. The average Bonchev–Trinajstić information content (AvgIpc) is 1.82. The third-order valence-electron chi connectivity index (χ3n) is 2.80. The third kappa shape index (κ3) is 2.46. The van der Waals surface area contributed by atoms with Crippen LogP contribution in [0.25, 0.3) is 0 Å². The second-order valence-electron chi connectivity index (χ2n) is 4.82. The summed E-state index contributed by atoms with van der Waals surface area (Å²) >= 11 is 0. The van der Waals surface area contributed by atoms with Gasteiger partial charge in [0.1, 0.15) is 0 Å². The molecule has 0 amide bonds. The SMILES string of the molecule is CN(CC(C)(C)CO)C1CCC1. The first-order valence-electron chi connectivity index (χ1n) is 4.86. The average molecular weight is 171 g/mol. The lowest BCUT2D eigenvalue weighted by molar-refractivity contribution is 0.0704. The molecule has 1 aliphatic rings. The zero-order valence-corrected chi connectivity index (χ0v) is 8.51. The maximum atomic E-state index is 9.09. The lowest BCUT2D eigenvalue weighted by Crippen LogP contribution is -2.43. The second kappa shape index (κ2) is 3.75. The molecule has 0 spiro atoms. The van der Waals surface area contributed by atoms with Crippen LogP contribution in [-0.4, -0.2) is 36.2 Å². The van der Waals surface area contributed by atoms with Gasteiger partial charge in [-0.1, -0.05) is 20.3 Å². The zero-order valence-electron chi connectivity index (χ0n) is 8.51. The Bertz CT molecular complexity index is 141. The number of aliphatic hydroxyl groups is 1. The smallest absolute Gasteiger partial charge is 0.0494 e. The molecule has 2 nitrogen and oxygen atoms in total. The molecule has 72 valence electrons. The Morgan fingerprint density at radius 2 is 2.00 bits per heavy atom. The first-order chi connectivity index (χ1) is 5.55. The minimum atomic E-state index is 0.0599. The molecular weight excluding hydrogens is 150 g/mol. The van der Waals surface area contributed by atoms with E-state index in [4.69, 9.17) is 5.11 Å². The van der Waals surface area contributed by atoms with Gasteiger partial charge in [0.2, 0.25) is 0 Å². The summed E-state index contributed by atoms with van der Waals surface area (Å²) in [5.41, 5.74) is 0.0599. The van der Waals surface area contributed by atoms with Gasteiger partial charge in [-0.25, -0.2) is 0 Å². The molecule has 2 heteroatoms. The first kappa shape index (κ1) is 10.0. The summed E-state index contributed by atoms with van der Waals surface area (Å²) in [5, 5.41) is 9.09. The summed E-state index contributed by atoms with van der Waals surface area (Å²) in [6.07, 6.45) is 4.07. The van der Waals surface area contributed by atoms with Crippen LogP contribution in [0.3, 0.4) is 0 Å². The minimum Gasteiger partial charge on any atom is -0.396 e. The van der Waals surface area contributed by atoms with Crippen LogP contribution in [0.1, 0.15) is 33.1 Å². The summed E-state index contributed by atoms with van der Waals surface area (Å²) in [6.45, 7) is 5.52. The zero-order chi connectivity index (χ0) is 9.19. The standard InChI is InChI=1S/C10H21NO/c1-10(2,8-12)7-11(3)9-5-4-6-9/h9,12H,4-8H2,1-3H3. The van der Waals surface area contributed by atoms with Crippen LogP contribution in [0, 0.1) is 5.41 Å². The molecule has 1 aliphatic carbocycles. The Morgan fingerprint density at radius 3 is 2.33 bits per heavy atom. The van der Waals surface area contributed by atoms with E-state index >= 15 is 0 Å². The fraction of sp³-hybridized carbons (Fsp3) is 1.00. The number of hydrogen-bond acceptors (Lipinski definition) is 2. The molecule has 1 rings (SSSR count). The summed E-state index contributed by atoms with van der Waals surface area (Å²) in [7, 11) is 2.17. The van der Waals surface area contributed by atoms with E-state index in [0.29, 0.717) is 0 Å². The Balaban J connectivity index is 2.28. The van der Waals surface area contributed by atoms with E-state index in [0.717, 1.165) is 12.6 Å². The van der Waals surface area contributed by atoms with Crippen molar-refractivity contribution in [2.75, 3.05) is 20.2 Å². The van der Waals surface area contributed by atoms with Gasteiger partial charge in [0.15, 0.2) is 0 Å². The molecule has 1 saturated carbocycles. The monoisotopic (exact) mass is 171 g/mol. The van der Waals surface area contributed by atoms with Crippen molar-refractivity contribution in [2.45, 2.75) is 39.2 Å². The van der Waals surface area contributed by atoms with Crippen LogP contribution in [0.15, 0.2) is 0 Å². The van der Waals surface area contributed by atoms with Crippen molar-refractivity contribution < 1.29 is 5.11 Å². The van der Waals surface area contributed by atoms with E-state index in [1.807, 2.05) is 0 Å². The fourth-order valence-corrected chi connectivity index (χ4v) is 1.68. The van der Waals surface area contributed by atoms with Crippen molar-refractivity contribution in [1.82, 2.24) is 4.90 Å². The fourth-order valence-electron chi connectivity index (χ4n) is 1.68. The van der Waals surface area contributed by atoms with Gasteiger partial charge in [0.05, 0.1) is 0 Å². The maximum Gasteiger partial charge on any atom is 0.0494 e. The van der Waals surface area contributed by atoms with E-state index in [9.17, 15) is 0 Å². The predicted octanol–water partition coefficient (Wildman–Crippen LogP) is 1.49. The molecule has 0 aliphatic heterocycles. The summed E-state index contributed by atoms with van der Waals surface area (Å²) < 4.78 is 0. The van der Waals surface area contributed by atoms with Gasteiger partial charge in [-0.2, -0.15) is 0 Å². The van der Waals surface area contributed by atoms with E-state index in [-0.39, 0.29) is 12.0 Å². The molecular formula is C10H21NO. The van der Waals surface area contributed by atoms with Crippen LogP contribution < -0.4 is 0 Å². The molecule has 12 heavy (non-hydrogen) atoms. The van der Waals surface area contributed by atoms with Gasteiger partial charge in [-0.15, -0.1) is 0 Å². The Labute approximate surface area is 75.6 Å². The van der Waals surface area contributed by atoms with Gasteiger partial charge in [-0.3, -0.25) is 0 Å². The Morgan fingerprint density at radius 1 is 1.42 bits per heavy atom. The van der Waals surface area contributed by atoms with Crippen LogP contribution in [-0.2, 0) is 0 Å². The molecule has 0 aromatic carbocycles. The van der Waals surface area contributed by atoms with Gasteiger partial charge >= 0.3 is 0 Å². The van der Waals surface area contributed by atoms with Crippen LogP contribution in [0.5, 0.6) is 0 Å². The maximum absolute atomic E-state index is 9.09. The van der Waals surface area contributed by atoms with Crippen molar-refractivity contribution >= 4 is 0 Å². The topological polar surface area (TPSA) is 23.5 Å². The lowest BCUT2D eigenvalue weighted by atomic mass is 9.88. The van der Waals surface area contributed by atoms with Crippen molar-refractivity contribution in [3.05, 3.63) is 0 Å². The van der Waals surface area contributed by atoms with Gasteiger partial charge in [0, 0.05) is 24.6 Å². The van der Waals surface area contributed by atoms with Gasteiger partial charge < -0.3 is 10.0 Å². The van der Waals surface area contributed by atoms with E-state index in [1.165, 1.54) is 19.3 Å². The van der Waals surface area contributed by atoms with E-state index < -0.39 is 0 Å². The highest BCUT2D eigenvalue weighted by Gasteiger charge is 2.26. The molecule has 0 aromatic rings. The molecule has 1 fully saturated rings. The normalized spacial score (nSPS) is 19.8. The molecule has 0 bridgehead atoms. The number of aliphatic hydroxyl groups excluding tert-OH is 1. The third-order valence-corrected chi connectivity index (χ3v) is 2.80. The largest absolute Gasteiger partial charge is 0.396 e. The predicted molar refractivity (Wildman–Crippen MR) is 51.1 cm³/mol. The molecule has 0 unspecified atom stereocenters. The highest BCUT2D eigenvalue weighted by Crippen LogP contribution is 2.26. The van der Waals surface area contributed by atoms with Crippen molar-refractivity contribution in [3.8, 4) is 0 Å². The molecule has 0 aromatic heterocycles. The Kier molecular flexibility index (Phi) is 3.13. The first-order valence-corrected chi connectivity index (χ1v) is 4.86. The molecule has 0 atom stereocenters. The van der Waals surface area contributed by atoms with Gasteiger partial charge in [-0.05, 0) is 19.9 Å². The number of hydrogen-bond donors (Lipinski definition) is 1. The molecule has 0 radical (unpaired) electrons. The van der Waals surface area contributed by atoms with E-state index in [2.05, 4.69) is 25.8 Å². The Hall–Kier alpha value is -0.0800. The summed E-state index contributed by atoms with van der Waals surface area (Å²) in [6, 6.07) is 0.788. The van der Waals surface area contributed by atoms with Crippen molar-refractivity contribution in [3.63, 3.8) is 0 Å². The van der Waals surface area contributed by atoms with Crippen LogP contribution in [0.4, 0.5) is 0 Å². The van der Waals surface area contributed by atoms with E-state index in [1.54, 1.807) is 0 Å². The highest BCUT2D eigenvalue weighted by atomic mass is 16.3. The summed E-state index contributed by atoms with van der Waals surface area (Å²) in [4.78, 5) is 2.39. The molecule has 1 N–H and O–H groups in total. The quantitative estimate of drug-likeness (QED) is 0.692. The van der Waals surface area contributed by atoms with Crippen LogP contribution in [0.2, 0.25) is 0 Å². The van der Waals surface area contributed by atoms with Crippen molar-refractivity contribution in [2.24, 2.45) is 5.41 Å². The number of rotatable bonds is 4. The van der Waals surface area contributed by atoms with Crippen LogP contribution >= 0.6 is 0 Å². The highest BCUT2D eigenvalue weighted by molar-refractivity contribution is 4.81. The van der Waals surface area contributed by atoms with Crippen molar-refractivity contribution in [1.29, 1.82) is 0 Å². The molecule has 0 heterocycles. The minimum absolute atomic E-state index is 0.0599. The van der Waals surface area contributed by atoms with Gasteiger partial charge in [0.25, 0.3) is 0 Å². The molecule has 0 saturated heterocycles.